The maximum absolute atomic E-state index is 12.5. The quantitative estimate of drug-likeness (QED) is 0.757. The van der Waals surface area contributed by atoms with Gasteiger partial charge in [0.25, 0.3) is 5.56 Å². The van der Waals surface area contributed by atoms with Gasteiger partial charge in [0, 0.05) is 38.9 Å². The third-order valence-electron chi connectivity index (χ3n) is 4.84. The Bertz CT molecular complexity index is 979. The third-order valence-corrected chi connectivity index (χ3v) is 4.84. The zero-order chi connectivity index (χ0) is 19.0. The standard InChI is InChI=1S/C19H25N7O/c1-19(2,3)26-16-15(12-21-26)17(27)23-18(22-16)25-10-8-24(9-11-25)13-14-6-4-5-7-20-14/h4-7,12H,8-11,13H2,1-3H3,(H,22,23,27). The van der Waals surface area contributed by atoms with E-state index in [2.05, 4.69) is 45.6 Å². The predicted molar refractivity (Wildman–Crippen MR) is 105 cm³/mol. The van der Waals surface area contributed by atoms with E-state index in [0.29, 0.717) is 17.0 Å². The largest absolute Gasteiger partial charge is 0.340 e. The lowest BCUT2D eigenvalue weighted by Crippen LogP contribution is -2.47. The molecule has 8 nitrogen and oxygen atoms in total. The summed E-state index contributed by atoms with van der Waals surface area (Å²) in [6, 6.07) is 6.00. The van der Waals surface area contributed by atoms with Crippen molar-refractivity contribution in [1.82, 2.24) is 29.6 Å². The molecule has 4 rings (SSSR count). The number of pyridine rings is 1. The molecular weight excluding hydrogens is 342 g/mol. The van der Waals surface area contributed by atoms with Crippen LogP contribution < -0.4 is 10.5 Å². The SMILES string of the molecule is CC(C)(C)n1ncc2c(=O)[nH]c(N3CCN(Cc4ccccn4)CC3)nc21. The number of H-pyrrole nitrogens is 1. The normalized spacial score (nSPS) is 16.2. The molecule has 0 saturated carbocycles. The summed E-state index contributed by atoms with van der Waals surface area (Å²) < 4.78 is 1.82. The van der Waals surface area contributed by atoms with Crippen LogP contribution in [0.15, 0.2) is 35.4 Å². The molecule has 0 amide bonds. The molecule has 3 aromatic rings. The highest BCUT2D eigenvalue weighted by molar-refractivity contribution is 5.74. The minimum absolute atomic E-state index is 0.138. The van der Waals surface area contributed by atoms with Crippen molar-refractivity contribution in [1.29, 1.82) is 0 Å². The first-order chi connectivity index (χ1) is 12.9. The Balaban J connectivity index is 1.53. The second-order valence-electron chi connectivity index (χ2n) is 7.94. The van der Waals surface area contributed by atoms with Crippen LogP contribution >= 0.6 is 0 Å². The molecule has 0 unspecified atom stereocenters. The summed E-state index contributed by atoms with van der Waals surface area (Å²) in [5.41, 5.74) is 1.34. The average molecular weight is 367 g/mol. The van der Waals surface area contributed by atoms with E-state index < -0.39 is 0 Å². The van der Waals surface area contributed by atoms with Crippen molar-refractivity contribution in [2.45, 2.75) is 32.9 Å². The first-order valence-corrected chi connectivity index (χ1v) is 9.27. The molecule has 0 atom stereocenters. The molecule has 27 heavy (non-hydrogen) atoms. The molecule has 0 bridgehead atoms. The van der Waals surface area contributed by atoms with Gasteiger partial charge < -0.3 is 4.90 Å². The molecule has 8 heteroatoms. The van der Waals surface area contributed by atoms with E-state index in [0.717, 1.165) is 38.4 Å². The van der Waals surface area contributed by atoms with Crippen molar-refractivity contribution in [2.24, 2.45) is 0 Å². The number of nitrogens with zero attached hydrogens (tertiary/aromatic N) is 6. The second kappa shape index (κ2) is 6.77. The Morgan fingerprint density at radius 2 is 1.93 bits per heavy atom. The highest BCUT2D eigenvalue weighted by atomic mass is 16.1. The van der Waals surface area contributed by atoms with E-state index in [1.54, 1.807) is 6.20 Å². The fourth-order valence-corrected chi connectivity index (χ4v) is 3.39. The van der Waals surface area contributed by atoms with Crippen LogP contribution in [0.5, 0.6) is 0 Å². The molecule has 1 aliphatic heterocycles. The fourth-order valence-electron chi connectivity index (χ4n) is 3.39. The van der Waals surface area contributed by atoms with Gasteiger partial charge in [-0.15, -0.1) is 0 Å². The molecule has 0 radical (unpaired) electrons. The van der Waals surface area contributed by atoms with Crippen LogP contribution in [0.3, 0.4) is 0 Å². The number of nitrogens with one attached hydrogen (secondary N) is 1. The van der Waals surface area contributed by atoms with E-state index in [1.807, 2.05) is 29.1 Å². The number of aromatic amines is 1. The van der Waals surface area contributed by atoms with Crippen molar-refractivity contribution in [3.8, 4) is 0 Å². The van der Waals surface area contributed by atoms with Crippen LogP contribution in [0.2, 0.25) is 0 Å². The van der Waals surface area contributed by atoms with Gasteiger partial charge in [0.1, 0.15) is 5.39 Å². The average Bonchev–Trinajstić information content (AvgIpc) is 3.08. The second-order valence-corrected chi connectivity index (χ2v) is 7.94. The topological polar surface area (TPSA) is 82.9 Å². The van der Waals surface area contributed by atoms with Gasteiger partial charge in [-0.3, -0.25) is 19.7 Å². The summed E-state index contributed by atoms with van der Waals surface area (Å²) in [6.45, 7) is 10.4. The van der Waals surface area contributed by atoms with Gasteiger partial charge in [-0.25, -0.2) is 4.68 Å². The summed E-state index contributed by atoms with van der Waals surface area (Å²) >= 11 is 0. The zero-order valence-electron chi connectivity index (χ0n) is 16.0. The van der Waals surface area contributed by atoms with E-state index in [1.165, 1.54) is 0 Å². The van der Waals surface area contributed by atoms with Gasteiger partial charge in [-0.1, -0.05) is 6.07 Å². The number of hydrogen-bond donors (Lipinski definition) is 1. The Kier molecular flexibility index (Phi) is 4.43. The number of piperazine rings is 1. The van der Waals surface area contributed by atoms with Crippen molar-refractivity contribution >= 4 is 17.0 Å². The van der Waals surface area contributed by atoms with Crippen LogP contribution in [0.1, 0.15) is 26.5 Å². The van der Waals surface area contributed by atoms with E-state index in [4.69, 9.17) is 4.98 Å². The Morgan fingerprint density at radius 1 is 1.15 bits per heavy atom. The zero-order valence-corrected chi connectivity index (χ0v) is 16.0. The van der Waals surface area contributed by atoms with Gasteiger partial charge in [0.2, 0.25) is 5.95 Å². The Labute approximate surface area is 157 Å². The monoisotopic (exact) mass is 367 g/mol. The van der Waals surface area contributed by atoms with Gasteiger partial charge in [-0.2, -0.15) is 10.1 Å². The summed E-state index contributed by atoms with van der Waals surface area (Å²) in [5, 5.41) is 4.90. The maximum atomic E-state index is 12.5. The molecule has 1 aliphatic rings. The molecule has 3 aromatic heterocycles. The lowest BCUT2D eigenvalue weighted by molar-refractivity contribution is 0.246. The summed E-state index contributed by atoms with van der Waals surface area (Å²) in [5.74, 6) is 0.621. The molecule has 1 saturated heterocycles. The summed E-state index contributed by atoms with van der Waals surface area (Å²) in [4.78, 5) is 29.1. The van der Waals surface area contributed by atoms with Crippen molar-refractivity contribution in [3.63, 3.8) is 0 Å². The van der Waals surface area contributed by atoms with Gasteiger partial charge in [-0.05, 0) is 32.9 Å². The van der Waals surface area contributed by atoms with Gasteiger partial charge in [0.05, 0.1) is 17.4 Å². The Hall–Kier alpha value is -2.74. The highest BCUT2D eigenvalue weighted by Gasteiger charge is 2.23. The molecule has 0 aromatic carbocycles. The van der Waals surface area contributed by atoms with Crippen LogP contribution in [-0.2, 0) is 12.1 Å². The molecule has 4 heterocycles. The van der Waals surface area contributed by atoms with Crippen LogP contribution in [0, 0.1) is 0 Å². The van der Waals surface area contributed by atoms with Crippen molar-refractivity contribution < 1.29 is 0 Å². The van der Waals surface area contributed by atoms with E-state index in [-0.39, 0.29) is 11.1 Å². The molecule has 1 N–H and O–H groups in total. The fraction of sp³-hybridized carbons (Fsp3) is 0.474. The molecule has 1 fully saturated rings. The van der Waals surface area contributed by atoms with E-state index in [9.17, 15) is 4.79 Å². The molecule has 0 aliphatic carbocycles. The van der Waals surface area contributed by atoms with Gasteiger partial charge in [0.15, 0.2) is 5.65 Å². The minimum atomic E-state index is -0.235. The smallest absolute Gasteiger partial charge is 0.263 e. The Morgan fingerprint density at radius 3 is 2.59 bits per heavy atom. The number of anilines is 1. The number of hydrogen-bond acceptors (Lipinski definition) is 6. The molecule has 0 spiro atoms. The summed E-state index contributed by atoms with van der Waals surface area (Å²) in [6.07, 6.45) is 3.43. The summed E-state index contributed by atoms with van der Waals surface area (Å²) in [7, 11) is 0. The molecular formula is C19H25N7O. The minimum Gasteiger partial charge on any atom is -0.340 e. The predicted octanol–water partition coefficient (Wildman–Crippen LogP) is 1.59. The van der Waals surface area contributed by atoms with Crippen molar-refractivity contribution in [3.05, 3.63) is 46.6 Å². The van der Waals surface area contributed by atoms with Crippen LogP contribution in [0.25, 0.3) is 11.0 Å². The van der Waals surface area contributed by atoms with Gasteiger partial charge >= 0.3 is 0 Å². The first kappa shape index (κ1) is 17.7. The lowest BCUT2D eigenvalue weighted by Gasteiger charge is -2.34. The third kappa shape index (κ3) is 3.57. The maximum Gasteiger partial charge on any atom is 0.263 e. The highest BCUT2D eigenvalue weighted by Crippen LogP contribution is 2.20. The van der Waals surface area contributed by atoms with Crippen LogP contribution in [0.4, 0.5) is 5.95 Å². The van der Waals surface area contributed by atoms with Crippen LogP contribution in [-0.4, -0.2) is 55.8 Å². The number of aromatic nitrogens is 5. The van der Waals surface area contributed by atoms with Crippen molar-refractivity contribution in [2.75, 3.05) is 31.1 Å². The van der Waals surface area contributed by atoms with E-state index >= 15 is 0 Å². The lowest BCUT2D eigenvalue weighted by atomic mass is 10.1. The number of rotatable bonds is 3. The molecule has 142 valence electrons. The number of fused-ring (bicyclic) bond motifs is 1. The first-order valence-electron chi connectivity index (χ1n) is 9.27.